The monoisotopic (exact) mass is 447 g/mol. The Kier molecular flexibility index (Phi) is 6.71. The van der Waals surface area contributed by atoms with Gasteiger partial charge in [0, 0.05) is 24.4 Å². The van der Waals surface area contributed by atoms with E-state index in [1.54, 1.807) is 30.3 Å². The third-order valence-electron chi connectivity index (χ3n) is 5.78. The summed E-state index contributed by atoms with van der Waals surface area (Å²) < 4.78 is 11.0. The molecule has 0 saturated carbocycles. The average Bonchev–Trinajstić information content (AvgIpc) is 3.43. The molecule has 2 heterocycles. The number of ether oxygens (including phenoxy) is 2. The molecular weight excluding hydrogens is 422 g/mol. The first-order valence-corrected chi connectivity index (χ1v) is 11.1. The summed E-state index contributed by atoms with van der Waals surface area (Å²) in [7, 11) is 0. The first-order valence-electron chi connectivity index (χ1n) is 11.1. The predicted octanol–water partition coefficient (Wildman–Crippen LogP) is 3.42. The minimum absolute atomic E-state index is 0.144. The highest BCUT2D eigenvalue weighted by Gasteiger charge is 2.38. The summed E-state index contributed by atoms with van der Waals surface area (Å²) in [5, 5.41) is 9.06. The molecular formula is C25H25N3O5. The number of carbonyl (C=O) groups is 3. The number of amides is 3. The Morgan fingerprint density at radius 1 is 1.18 bits per heavy atom. The van der Waals surface area contributed by atoms with Crippen molar-refractivity contribution >= 4 is 23.4 Å². The van der Waals surface area contributed by atoms with Crippen molar-refractivity contribution in [3.8, 4) is 11.8 Å². The highest BCUT2D eigenvalue weighted by molar-refractivity contribution is 6.22. The van der Waals surface area contributed by atoms with Crippen molar-refractivity contribution in [2.45, 2.75) is 32.3 Å². The van der Waals surface area contributed by atoms with Crippen molar-refractivity contribution in [3.05, 3.63) is 59.2 Å². The smallest absolute Gasteiger partial charge is 0.261 e. The van der Waals surface area contributed by atoms with Crippen LogP contribution in [0.25, 0.3) is 0 Å². The Labute approximate surface area is 192 Å². The van der Waals surface area contributed by atoms with Crippen LogP contribution >= 0.6 is 0 Å². The number of fused-ring (bicyclic) bond motifs is 1. The van der Waals surface area contributed by atoms with Gasteiger partial charge in [-0.1, -0.05) is 0 Å². The van der Waals surface area contributed by atoms with Crippen LogP contribution in [0.1, 0.15) is 57.3 Å². The molecule has 4 rings (SSSR count). The molecule has 0 radical (unpaired) electrons. The second-order valence-electron chi connectivity index (χ2n) is 7.91. The van der Waals surface area contributed by atoms with Gasteiger partial charge in [-0.3, -0.25) is 19.3 Å². The number of nitriles is 1. The van der Waals surface area contributed by atoms with Crippen LogP contribution in [0.3, 0.4) is 0 Å². The molecule has 2 aromatic carbocycles. The largest absolute Gasteiger partial charge is 0.494 e. The summed E-state index contributed by atoms with van der Waals surface area (Å²) in [6.07, 6.45) is 1.73. The molecule has 8 heteroatoms. The van der Waals surface area contributed by atoms with Crippen LogP contribution in [0.5, 0.6) is 5.75 Å². The van der Waals surface area contributed by atoms with Crippen molar-refractivity contribution < 1.29 is 23.9 Å². The molecule has 2 aliphatic heterocycles. The Morgan fingerprint density at radius 3 is 2.61 bits per heavy atom. The van der Waals surface area contributed by atoms with Gasteiger partial charge in [0.05, 0.1) is 42.9 Å². The maximum absolute atomic E-state index is 13.4. The van der Waals surface area contributed by atoms with Crippen LogP contribution in [0, 0.1) is 11.3 Å². The van der Waals surface area contributed by atoms with E-state index >= 15 is 0 Å². The fourth-order valence-electron chi connectivity index (χ4n) is 4.14. The zero-order chi connectivity index (χ0) is 23.4. The number of hydrogen-bond acceptors (Lipinski definition) is 6. The zero-order valence-corrected chi connectivity index (χ0v) is 18.5. The SMILES string of the molecule is CCOc1ccc(N(CCC#N)C(=O)c2ccc3c(c2)C(=O)N(CC2CCCO2)C3=O)cc1. The lowest BCUT2D eigenvalue weighted by Gasteiger charge is -2.22. The summed E-state index contributed by atoms with van der Waals surface area (Å²) in [6.45, 7) is 3.46. The zero-order valence-electron chi connectivity index (χ0n) is 18.5. The number of nitrogens with zero attached hydrogens (tertiary/aromatic N) is 3. The fourth-order valence-corrected chi connectivity index (χ4v) is 4.14. The fraction of sp³-hybridized carbons (Fsp3) is 0.360. The molecule has 2 aliphatic rings. The number of anilines is 1. The molecule has 33 heavy (non-hydrogen) atoms. The van der Waals surface area contributed by atoms with Crippen molar-refractivity contribution in [2.24, 2.45) is 0 Å². The van der Waals surface area contributed by atoms with Gasteiger partial charge >= 0.3 is 0 Å². The Hall–Kier alpha value is -3.70. The summed E-state index contributed by atoms with van der Waals surface area (Å²) >= 11 is 0. The predicted molar refractivity (Wildman–Crippen MR) is 120 cm³/mol. The molecule has 3 amide bonds. The second-order valence-corrected chi connectivity index (χ2v) is 7.91. The molecule has 170 valence electrons. The molecule has 1 atom stereocenters. The number of benzene rings is 2. The van der Waals surface area contributed by atoms with E-state index in [-0.39, 0.29) is 48.6 Å². The summed E-state index contributed by atoms with van der Waals surface area (Å²) in [6, 6.07) is 13.7. The van der Waals surface area contributed by atoms with E-state index in [1.807, 2.05) is 6.92 Å². The standard InChI is InChI=1S/C25H25N3O5/c1-2-32-19-9-7-18(8-10-19)27(13-4-12-26)23(29)17-6-11-21-22(15-17)25(31)28(24(21)30)16-20-5-3-14-33-20/h6-11,15,20H,2-5,13-14,16H2,1H3. The number of rotatable bonds is 8. The van der Waals surface area contributed by atoms with Gasteiger partial charge in [-0.2, -0.15) is 5.26 Å². The van der Waals surface area contributed by atoms with E-state index in [0.717, 1.165) is 12.8 Å². The minimum Gasteiger partial charge on any atom is -0.494 e. The highest BCUT2D eigenvalue weighted by Crippen LogP contribution is 2.28. The number of imide groups is 1. The minimum atomic E-state index is -0.412. The number of hydrogen-bond donors (Lipinski definition) is 0. The molecule has 8 nitrogen and oxygen atoms in total. The summed E-state index contributed by atoms with van der Waals surface area (Å²) in [5.74, 6) is -0.445. The lowest BCUT2D eigenvalue weighted by atomic mass is 10.0. The van der Waals surface area contributed by atoms with Crippen molar-refractivity contribution in [2.75, 3.05) is 31.2 Å². The van der Waals surface area contributed by atoms with Gasteiger partial charge in [-0.05, 0) is 62.2 Å². The van der Waals surface area contributed by atoms with Gasteiger partial charge in [0.25, 0.3) is 17.7 Å². The first-order chi connectivity index (χ1) is 16.0. The van der Waals surface area contributed by atoms with Crippen LogP contribution in [0.15, 0.2) is 42.5 Å². The van der Waals surface area contributed by atoms with Crippen molar-refractivity contribution in [3.63, 3.8) is 0 Å². The molecule has 2 aromatic rings. The van der Waals surface area contributed by atoms with Crippen molar-refractivity contribution in [1.29, 1.82) is 5.26 Å². The van der Waals surface area contributed by atoms with Crippen LogP contribution in [0.4, 0.5) is 5.69 Å². The molecule has 0 spiro atoms. The lowest BCUT2D eigenvalue weighted by Crippen LogP contribution is -2.36. The third-order valence-corrected chi connectivity index (χ3v) is 5.78. The van der Waals surface area contributed by atoms with E-state index in [1.165, 1.54) is 21.9 Å². The van der Waals surface area contributed by atoms with E-state index < -0.39 is 5.91 Å². The molecule has 1 fully saturated rings. The highest BCUT2D eigenvalue weighted by atomic mass is 16.5. The summed E-state index contributed by atoms with van der Waals surface area (Å²) in [4.78, 5) is 41.8. The van der Waals surface area contributed by atoms with Gasteiger partial charge < -0.3 is 14.4 Å². The molecule has 0 bridgehead atoms. The van der Waals surface area contributed by atoms with Crippen LogP contribution in [-0.2, 0) is 4.74 Å². The van der Waals surface area contributed by atoms with Gasteiger partial charge in [-0.25, -0.2) is 0 Å². The number of carbonyl (C=O) groups excluding carboxylic acids is 3. The Balaban J connectivity index is 1.58. The van der Waals surface area contributed by atoms with E-state index in [4.69, 9.17) is 14.7 Å². The maximum atomic E-state index is 13.4. The molecule has 0 N–H and O–H groups in total. The quantitative estimate of drug-likeness (QED) is 0.575. The molecule has 0 aliphatic carbocycles. The Bertz CT molecular complexity index is 1100. The van der Waals surface area contributed by atoms with E-state index in [0.29, 0.717) is 30.2 Å². The van der Waals surface area contributed by atoms with Crippen molar-refractivity contribution in [1.82, 2.24) is 4.90 Å². The summed E-state index contributed by atoms with van der Waals surface area (Å²) in [5.41, 5.74) is 1.40. The van der Waals surface area contributed by atoms with Crippen LogP contribution < -0.4 is 9.64 Å². The van der Waals surface area contributed by atoms with Crippen LogP contribution in [0.2, 0.25) is 0 Å². The van der Waals surface area contributed by atoms with Gasteiger partial charge in [0.15, 0.2) is 0 Å². The van der Waals surface area contributed by atoms with E-state index in [9.17, 15) is 14.4 Å². The normalized spacial score (nSPS) is 17.1. The average molecular weight is 447 g/mol. The molecule has 0 aromatic heterocycles. The third kappa shape index (κ3) is 4.59. The second kappa shape index (κ2) is 9.84. The lowest BCUT2D eigenvalue weighted by molar-refractivity contribution is 0.0475. The van der Waals surface area contributed by atoms with Gasteiger partial charge in [-0.15, -0.1) is 0 Å². The van der Waals surface area contributed by atoms with Crippen LogP contribution in [-0.4, -0.2) is 55.0 Å². The topological polar surface area (TPSA) is 99.9 Å². The van der Waals surface area contributed by atoms with Gasteiger partial charge in [0.1, 0.15) is 5.75 Å². The maximum Gasteiger partial charge on any atom is 0.261 e. The Morgan fingerprint density at radius 2 is 1.94 bits per heavy atom. The van der Waals surface area contributed by atoms with Gasteiger partial charge in [0.2, 0.25) is 0 Å². The molecule has 1 saturated heterocycles. The molecule has 1 unspecified atom stereocenters. The first kappa shape index (κ1) is 22.5. The van der Waals surface area contributed by atoms with E-state index in [2.05, 4.69) is 6.07 Å².